The molecule has 0 radical (unpaired) electrons. The van der Waals surface area contributed by atoms with Crippen molar-refractivity contribution in [1.82, 2.24) is 0 Å². The topological polar surface area (TPSA) is 38.5 Å². The molecule has 2 aromatic carbocycles. The number of rotatable bonds is 4. The summed E-state index contributed by atoms with van der Waals surface area (Å²) in [5.41, 5.74) is 2.76. The number of Topliss-reactive ketones (excluding diaryl/α,β-unsaturated/α-hetero) is 1. The molecule has 0 atom stereocenters. The molecule has 112 valence electrons. The van der Waals surface area contributed by atoms with Gasteiger partial charge in [-0.05, 0) is 44.2 Å². The van der Waals surface area contributed by atoms with E-state index < -0.39 is 0 Å². The summed E-state index contributed by atoms with van der Waals surface area (Å²) >= 11 is 0. The Morgan fingerprint density at radius 3 is 2.32 bits per heavy atom. The third-order valence-electron chi connectivity index (χ3n) is 3.47. The Bertz CT molecular complexity index is 745. The van der Waals surface area contributed by atoms with Crippen molar-refractivity contribution >= 4 is 17.2 Å². The molecule has 0 fully saturated rings. The summed E-state index contributed by atoms with van der Waals surface area (Å²) in [5, 5.41) is 0. The fourth-order valence-electron chi connectivity index (χ4n) is 2.58. The molecule has 1 aliphatic rings. The van der Waals surface area contributed by atoms with Crippen molar-refractivity contribution in [3.8, 4) is 5.75 Å². The predicted octanol–water partition coefficient (Wildman–Crippen LogP) is 3.36. The molecule has 0 aromatic heterocycles. The van der Waals surface area contributed by atoms with Crippen LogP contribution in [0.2, 0.25) is 0 Å². The largest absolute Gasteiger partial charge is 0.491 e. The van der Waals surface area contributed by atoms with E-state index in [2.05, 4.69) is 0 Å². The molecule has 4 heteroatoms. The van der Waals surface area contributed by atoms with Crippen LogP contribution in [0.3, 0.4) is 0 Å². The van der Waals surface area contributed by atoms with Crippen LogP contribution >= 0.6 is 0 Å². The molecule has 0 saturated carbocycles. The van der Waals surface area contributed by atoms with Gasteiger partial charge in [0.15, 0.2) is 0 Å². The Morgan fingerprint density at radius 1 is 1.00 bits per heavy atom. The van der Waals surface area contributed by atoms with E-state index in [0.29, 0.717) is 11.3 Å². The van der Waals surface area contributed by atoms with E-state index in [1.807, 2.05) is 62.4 Å². The smallest absolute Gasteiger partial charge is 0.313 e. The zero-order chi connectivity index (χ0) is 15.7. The van der Waals surface area contributed by atoms with Crippen LogP contribution in [0.5, 0.6) is 5.75 Å². The Morgan fingerprint density at radius 2 is 1.68 bits per heavy atom. The normalized spacial score (nSPS) is 13.5. The highest BCUT2D eigenvalue weighted by molar-refractivity contribution is 6.52. The molecule has 22 heavy (non-hydrogen) atoms. The minimum absolute atomic E-state index is 0.0324. The van der Waals surface area contributed by atoms with Crippen molar-refractivity contribution in [2.45, 2.75) is 20.0 Å². The van der Waals surface area contributed by atoms with E-state index in [1.54, 1.807) is 11.8 Å². The van der Waals surface area contributed by atoms with Crippen LogP contribution in [-0.4, -0.2) is 29.4 Å². The Kier molecular flexibility index (Phi) is 3.67. The molecule has 0 saturated heterocycles. The molecule has 2 aromatic rings. The average molecular weight is 296 g/mol. The minimum atomic E-state index is -0.0324. The van der Waals surface area contributed by atoms with Gasteiger partial charge in [-0.2, -0.15) is 0 Å². The maximum Gasteiger partial charge on any atom is 0.313 e. The predicted molar refractivity (Wildman–Crippen MR) is 84.0 cm³/mol. The van der Waals surface area contributed by atoms with Crippen LogP contribution in [0.1, 0.15) is 29.8 Å². The van der Waals surface area contributed by atoms with E-state index in [4.69, 9.17) is 9.57 Å². The van der Waals surface area contributed by atoms with Gasteiger partial charge in [0, 0.05) is 10.8 Å². The molecule has 3 rings (SSSR count). The zero-order valence-corrected chi connectivity index (χ0v) is 12.9. The van der Waals surface area contributed by atoms with Crippen molar-refractivity contribution in [3.63, 3.8) is 0 Å². The van der Waals surface area contributed by atoms with Crippen LogP contribution in [0, 0.1) is 0 Å². The average Bonchev–Trinajstić information content (AvgIpc) is 2.80. The van der Waals surface area contributed by atoms with Crippen LogP contribution in [-0.2, 0) is 4.84 Å². The molecule has 4 nitrogen and oxygen atoms in total. The van der Waals surface area contributed by atoms with Gasteiger partial charge in [-0.15, -0.1) is 0 Å². The van der Waals surface area contributed by atoms with Gasteiger partial charge in [0.2, 0.25) is 0 Å². The van der Waals surface area contributed by atoms with Crippen molar-refractivity contribution in [3.05, 3.63) is 59.7 Å². The minimum Gasteiger partial charge on any atom is -0.491 e. The second kappa shape index (κ2) is 5.64. The summed E-state index contributed by atoms with van der Waals surface area (Å²) in [6, 6.07) is 14.9. The molecule has 0 N–H and O–H groups in total. The molecular weight excluding hydrogens is 278 g/mol. The van der Waals surface area contributed by atoms with Gasteiger partial charge in [-0.3, -0.25) is 9.63 Å². The van der Waals surface area contributed by atoms with Gasteiger partial charge in [-0.25, -0.2) is 0 Å². The van der Waals surface area contributed by atoms with Gasteiger partial charge < -0.3 is 4.74 Å². The van der Waals surface area contributed by atoms with Crippen molar-refractivity contribution in [2.24, 2.45) is 0 Å². The lowest BCUT2D eigenvalue weighted by Gasteiger charge is -2.09. The van der Waals surface area contributed by atoms with Gasteiger partial charge in [-0.1, -0.05) is 12.1 Å². The van der Waals surface area contributed by atoms with E-state index in [1.165, 1.54) is 0 Å². The van der Waals surface area contributed by atoms with Gasteiger partial charge in [0.05, 0.1) is 11.7 Å². The number of hydrogen-bond acceptors (Lipinski definition) is 3. The number of nitrogens with zero attached hydrogens (tertiary/aromatic N) is 1. The Hall–Kier alpha value is -2.62. The Balaban J connectivity index is 2.02. The lowest BCUT2D eigenvalue weighted by Crippen LogP contribution is -2.19. The molecule has 0 unspecified atom stereocenters. The number of para-hydroxylation sites is 1. The van der Waals surface area contributed by atoms with Crippen LogP contribution < -0.4 is 4.74 Å². The summed E-state index contributed by atoms with van der Waals surface area (Å²) < 4.78 is 7.21. The summed E-state index contributed by atoms with van der Waals surface area (Å²) in [5.74, 6) is 0.751. The van der Waals surface area contributed by atoms with Crippen molar-refractivity contribution < 1.29 is 19.1 Å². The maximum atomic E-state index is 12.6. The fraction of sp³-hybridized carbons (Fsp3) is 0.222. The molecule has 0 amide bonds. The fourth-order valence-corrected chi connectivity index (χ4v) is 2.58. The number of hydrogen-bond donors (Lipinski definition) is 0. The highest BCUT2D eigenvalue weighted by Gasteiger charge is 2.41. The van der Waals surface area contributed by atoms with Crippen molar-refractivity contribution in [1.29, 1.82) is 0 Å². The van der Waals surface area contributed by atoms with E-state index >= 15 is 0 Å². The SMILES string of the molecule is CO[N+]1=C(c2ccc(OC(C)C)cc2)C(=O)c2ccccc21. The Labute approximate surface area is 129 Å². The maximum absolute atomic E-state index is 12.6. The number of carbonyl (C=O) groups is 1. The molecule has 0 aliphatic carbocycles. The second-order valence-electron chi connectivity index (χ2n) is 5.36. The lowest BCUT2D eigenvalue weighted by molar-refractivity contribution is -0.717. The first-order chi connectivity index (χ1) is 10.6. The number of ketones is 1. The lowest BCUT2D eigenvalue weighted by atomic mass is 10.0. The van der Waals surface area contributed by atoms with Gasteiger partial charge in [0.25, 0.3) is 11.5 Å². The zero-order valence-electron chi connectivity index (χ0n) is 12.9. The quantitative estimate of drug-likeness (QED) is 0.812. The van der Waals surface area contributed by atoms with Gasteiger partial charge >= 0.3 is 5.71 Å². The molecular formula is C18H18NO3+. The molecule has 1 aliphatic heterocycles. The second-order valence-corrected chi connectivity index (χ2v) is 5.36. The van der Waals surface area contributed by atoms with E-state index in [0.717, 1.165) is 17.0 Å². The van der Waals surface area contributed by atoms with Crippen LogP contribution in [0.25, 0.3) is 0 Å². The van der Waals surface area contributed by atoms with Crippen LogP contribution in [0.4, 0.5) is 5.69 Å². The summed E-state index contributed by atoms with van der Waals surface area (Å²) in [6.45, 7) is 3.96. The first-order valence-corrected chi connectivity index (χ1v) is 7.24. The third-order valence-corrected chi connectivity index (χ3v) is 3.47. The molecule has 1 heterocycles. The summed E-state index contributed by atoms with van der Waals surface area (Å²) in [7, 11) is 1.56. The van der Waals surface area contributed by atoms with Gasteiger partial charge in [0.1, 0.15) is 18.4 Å². The first kappa shape index (κ1) is 14.3. The first-order valence-electron chi connectivity index (χ1n) is 7.24. The molecule has 0 spiro atoms. The number of ether oxygens (including phenoxy) is 1. The summed E-state index contributed by atoms with van der Waals surface area (Å²) in [6.07, 6.45) is 0.117. The van der Waals surface area contributed by atoms with E-state index in [9.17, 15) is 4.79 Å². The highest BCUT2D eigenvalue weighted by Crippen LogP contribution is 2.29. The number of fused-ring (bicyclic) bond motifs is 1. The number of carbonyl (C=O) groups excluding carboxylic acids is 1. The molecule has 0 bridgehead atoms. The van der Waals surface area contributed by atoms with Crippen LogP contribution in [0.15, 0.2) is 48.5 Å². The third kappa shape index (κ3) is 2.37. The highest BCUT2D eigenvalue weighted by atomic mass is 16.7. The van der Waals surface area contributed by atoms with Crippen molar-refractivity contribution in [2.75, 3.05) is 7.11 Å². The summed E-state index contributed by atoms with van der Waals surface area (Å²) in [4.78, 5) is 18.1. The number of benzene rings is 2. The van der Waals surface area contributed by atoms with E-state index in [-0.39, 0.29) is 11.9 Å². The standard InChI is InChI=1S/C18H18NO3/c1-12(2)22-14-10-8-13(9-11-14)17-18(20)15-6-4-5-7-16(15)19(17)21-3/h4-12H,1-3H3/q+1. The monoisotopic (exact) mass is 296 g/mol.